The summed E-state index contributed by atoms with van der Waals surface area (Å²) in [6.07, 6.45) is 1.58. The Hall–Kier alpha value is -1.13. The first-order valence-corrected chi connectivity index (χ1v) is 7.75. The fourth-order valence-electron chi connectivity index (χ4n) is 2.18. The van der Waals surface area contributed by atoms with Crippen LogP contribution in [0.25, 0.3) is 0 Å². The van der Waals surface area contributed by atoms with Crippen molar-refractivity contribution in [1.29, 1.82) is 5.26 Å². The predicted octanol–water partition coefficient (Wildman–Crippen LogP) is 1.32. The smallest absolute Gasteiger partial charge is 0.241 e. The Morgan fingerprint density at radius 2 is 2.00 bits per heavy atom. The SMILES string of the molecule is Cc1ccc(C#N)cc1S(=O)(=O)NC1CCNCC1.Cl. The summed E-state index contributed by atoms with van der Waals surface area (Å²) in [5, 5.41) is 12.1. The number of halogens is 1. The molecule has 0 saturated carbocycles. The Balaban J connectivity index is 0.00000200. The van der Waals surface area contributed by atoms with Crippen LogP contribution in [0.2, 0.25) is 0 Å². The first-order valence-electron chi connectivity index (χ1n) is 6.27. The number of nitriles is 1. The lowest BCUT2D eigenvalue weighted by molar-refractivity contribution is 0.427. The molecule has 2 N–H and O–H groups in total. The molecule has 1 aliphatic heterocycles. The van der Waals surface area contributed by atoms with Crippen molar-refractivity contribution in [3.63, 3.8) is 0 Å². The van der Waals surface area contributed by atoms with Gasteiger partial charge >= 0.3 is 0 Å². The minimum absolute atomic E-state index is 0. The normalized spacial score (nSPS) is 16.2. The second kappa shape index (κ2) is 7.04. The lowest BCUT2D eigenvalue weighted by Gasteiger charge is -2.23. The highest BCUT2D eigenvalue weighted by Gasteiger charge is 2.23. The summed E-state index contributed by atoms with van der Waals surface area (Å²) < 4.78 is 27.4. The highest BCUT2D eigenvalue weighted by Crippen LogP contribution is 2.18. The third kappa shape index (κ3) is 3.93. The summed E-state index contributed by atoms with van der Waals surface area (Å²) in [6.45, 7) is 3.38. The highest BCUT2D eigenvalue weighted by molar-refractivity contribution is 7.89. The molecule has 5 nitrogen and oxygen atoms in total. The van der Waals surface area contributed by atoms with E-state index in [2.05, 4.69) is 10.0 Å². The Morgan fingerprint density at radius 3 is 2.60 bits per heavy atom. The number of nitrogens with one attached hydrogen (secondary N) is 2. The lowest BCUT2D eigenvalue weighted by atomic mass is 10.1. The number of hydrogen-bond donors (Lipinski definition) is 2. The summed E-state index contributed by atoms with van der Waals surface area (Å²) in [5.74, 6) is 0. The zero-order valence-corrected chi connectivity index (χ0v) is 12.9. The van der Waals surface area contributed by atoms with Gasteiger partial charge in [-0.25, -0.2) is 13.1 Å². The number of benzene rings is 1. The maximum atomic E-state index is 12.3. The molecule has 1 aliphatic rings. The van der Waals surface area contributed by atoms with Gasteiger partial charge in [0.25, 0.3) is 0 Å². The second-order valence-corrected chi connectivity index (χ2v) is 6.42. The third-order valence-electron chi connectivity index (χ3n) is 3.27. The van der Waals surface area contributed by atoms with Crippen molar-refractivity contribution in [1.82, 2.24) is 10.0 Å². The first kappa shape index (κ1) is 16.9. The summed E-state index contributed by atoms with van der Waals surface area (Å²) >= 11 is 0. The zero-order valence-electron chi connectivity index (χ0n) is 11.2. The lowest BCUT2D eigenvalue weighted by Crippen LogP contribution is -2.42. The molecule has 1 aromatic rings. The van der Waals surface area contributed by atoms with Crippen LogP contribution in [0, 0.1) is 18.3 Å². The fourth-order valence-corrected chi connectivity index (χ4v) is 3.76. The van der Waals surface area contributed by atoms with Crippen LogP contribution >= 0.6 is 12.4 Å². The van der Waals surface area contributed by atoms with Gasteiger partial charge in [-0.15, -0.1) is 12.4 Å². The molecule has 0 bridgehead atoms. The fraction of sp³-hybridized carbons (Fsp3) is 0.462. The molecule has 1 saturated heterocycles. The van der Waals surface area contributed by atoms with Crippen LogP contribution in [-0.2, 0) is 10.0 Å². The molecule has 0 spiro atoms. The van der Waals surface area contributed by atoms with Gasteiger partial charge < -0.3 is 5.32 Å². The van der Waals surface area contributed by atoms with E-state index in [0.717, 1.165) is 25.9 Å². The number of piperidine rings is 1. The van der Waals surface area contributed by atoms with Crippen LogP contribution in [0.5, 0.6) is 0 Å². The molecule has 0 amide bonds. The number of hydrogen-bond acceptors (Lipinski definition) is 4. The molecule has 110 valence electrons. The topological polar surface area (TPSA) is 82.0 Å². The van der Waals surface area contributed by atoms with Gasteiger partial charge in [-0.3, -0.25) is 0 Å². The van der Waals surface area contributed by atoms with E-state index >= 15 is 0 Å². The standard InChI is InChI=1S/C13H17N3O2S.ClH/c1-10-2-3-11(9-14)8-13(10)19(17,18)16-12-4-6-15-7-5-12;/h2-3,8,12,15-16H,4-7H2,1H3;1H. The molecular formula is C13H18ClN3O2S. The van der Waals surface area contributed by atoms with E-state index in [1.165, 1.54) is 6.07 Å². The summed E-state index contributed by atoms with van der Waals surface area (Å²) in [6, 6.07) is 6.65. The van der Waals surface area contributed by atoms with Crippen molar-refractivity contribution in [2.75, 3.05) is 13.1 Å². The summed E-state index contributed by atoms with van der Waals surface area (Å²) in [4.78, 5) is 0.199. The molecule has 1 heterocycles. The first-order chi connectivity index (χ1) is 9.03. The van der Waals surface area contributed by atoms with E-state index in [4.69, 9.17) is 5.26 Å². The third-order valence-corrected chi connectivity index (χ3v) is 4.93. The van der Waals surface area contributed by atoms with Crippen LogP contribution in [0.3, 0.4) is 0 Å². The van der Waals surface area contributed by atoms with E-state index in [0.29, 0.717) is 11.1 Å². The average Bonchev–Trinajstić information content (AvgIpc) is 2.39. The molecule has 1 fully saturated rings. The van der Waals surface area contributed by atoms with Gasteiger partial charge in [-0.2, -0.15) is 5.26 Å². The Kier molecular flexibility index (Phi) is 5.96. The Labute approximate surface area is 125 Å². The molecule has 0 radical (unpaired) electrons. The summed E-state index contributed by atoms with van der Waals surface area (Å²) in [5.41, 5.74) is 1.01. The van der Waals surface area contributed by atoms with E-state index in [-0.39, 0.29) is 23.3 Å². The largest absolute Gasteiger partial charge is 0.317 e. The predicted molar refractivity (Wildman–Crippen MR) is 79.4 cm³/mol. The van der Waals surface area contributed by atoms with Crippen molar-refractivity contribution in [3.05, 3.63) is 29.3 Å². The maximum absolute atomic E-state index is 12.3. The van der Waals surface area contributed by atoms with Gasteiger partial charge in [-0.1, -0.05) is 6.07 Å². The molecule has 0 atom stereocenters. The van der Waals surface area contributed by atoms with Crippen LogP contribution in [0.4, 0.5) is 0 Å². The van der Waals surface area contributed by atoms with Crippen LogP contribution in [0.15, 0.2) is 23.1 Å². The molecule has 1 aromatic carbocycles. The van der Waals surface area contributed by atoms with Gasteiger partial charge in [0.2, 0.25) is 10.0 Å². The molecular weight excluding hydrogens is 298 g/mol. The van der Waals surface area contributed by atoms with Crippen molar-refractivity contribution in [3.8, 4) is 6.07 Å². The van der Waals surface area contributed by atoms with E-state index < -0.39 is 10.0 Å². The zero-order chi connectivity index (χ0) is 13.9. The molecule has 0 aliphatic carbocycles. The minimum atomic E-state index is -3.55. The molecule has 0 unspecified atom stereocenters. The van der Waals surface area contributed by atoms with Crippen molar-refractivity contribution in [2.45, 2.75) is 30.7 Å². The Bertz CT molecular complexity index is 605. The van der Waals surface area contributed by atoms with Crippen LogP contribution in [-0.4, -0.2) is 27.5 Å². The Morgan fingerprint density at radius 1 is 1.35 bits per heavy atom. The van der Waals surface area contributed by atoms with Crippen molar-refractivity contribution in [2.24, 2.45) is 0 Å². The number of aryl methyl sites for hydroxylation is 1. The van der Waals surface area contributed by atoms with Crippen LogP contribution in [0.1, 0.15) is 24.0 Å². The number of nitrogens with zero attached hydrogens (tertiary/aromatic N) is 1. The maximum Gasteiger partial charge on any atom is 0.241 e. The molecule has 7 heteroatoms. The van der Waals surface area contributed by atoms with Gasteiger partial charge in [0.05, 0.1) is 16.5 Å². The molecule has 0 aromatic heterocycles. The van der Waals surface area contributed by atoms with E-state index in [9.17, 15) is 8.42 Å². The monoisotopic (exact) mass is 315 g/mol. The van der Waals surface area contributed by atoms with Gasteiger partial charge in [-0.05, 0) is 50.6 Å². The van der Waals surface area contributed by atoms with E-state index in [1.807, 2.05) is 6.07 Å². The average molecular weight is 316 g/mol. The number of sulfonamides is 1. The second-order valence-electron chi connectivity index (χ2n) is 4.74. The minimum Gasteiger partial charge on any atom is -0.317 e. The van der Waals surface area contributed by atoms with Crippen molar-refractivity contribution >= 4 is 22.4 Å². The molecule has 20 heavy (non-hydrogen) atoms. The van der Waals surface area contributed by atoms with Gasteiger partial charge in [0.1, 0.15) is 0 Å². The van der Waals surface area contributed by atoms with Gasteiger partial charge in [0.15, 0.2) is 0 Å². The van der Waals surface area contributed by atoms with Crippen LogP contribution < -0.4 is 10.0 Å². The van der Waals surface area contributed by atoms with Gasteiger partial charge in [0, 0.05) is 6.04 Å². The summed E-state index contributed by atoms with van der Waals surface area (Å²) in [7, 11) is -3.55. The molecule has 2 rings (SSSR count). The quantitative estimate of drug-likeness (QED) is 0.881. The highest BCUT2D eigenvalue weighted by atomic mass is 35.5. The number of rotatable bonds is 3. The van der Waals surface area contributed by atoms with Crippen molar-refractivity contribution < 1.29 is 8.42 Å². The van der Waals surface area contributed by atoms with E-state index in [1.54, 1.807) is 19.1 Å².